The third-order valence-corrected chi connectivity index (χ3v) is 6.05. The van der Waals surface area contributed by atoms with E-state index in [1.165, 1.54) is 32.1 Å². The maximum atomic E-state index is 12.6. The van der Waals surface area contributed by atoms with E-state index in [2.05, 4.69) is 25.4 Å². The first-order valence-electron chi connectivity index (χ1n) is 10.8. The molecule has 1 aliphatic heterocycles. The molecule has 4 rings (SSSR count). The standard InChI is InChI=1S/C22H30N6O/c29-22(9-6-18-4-2-1-3-5-18)28-16-14-27(15-17-28)21-8-7-20(25-26-21)24-19-10-12-23-13-11-19/h7-8,10-13,18H,1-6,9,14-17H2,(H,23,24,25). The number of aromatic nitrogens is 3. The van der Waals surface area contributed by atoms with Gasteiger partial charge in [0.2, 0.25) is 5.91 Å². The average Bonchev–Trinajstić information content (AvgIpc) is 2.79. The van der Waals surface area contributed by atoms with Crippen LogP contribution in [0.5, 0.6) is 0 Å². The van der Waals surface area contributed by atoms with Crippen LogP contribution in [-0.2, 0) is 4.79 Å². The van der Waals surface area contributed by atoms with Crippen molar-refractivity contribution < 1.29 is 4.79 Å². The topological polar surface area (TPSA) is 74.2 Å². The number of hydrogen-bond acceptors (Lipinski definition) is 6. The molecule has 1 saturated heterocycles. The summed E-state index contributed by atoms with van der Waals surface area (Å²) in [6.45, 7) is 3.15. The molecular formula is C22H30N6O. The fourth-order valence-electron chi connectivity index (χ4n) is 4.29. The number of nitrogens with one attached hydrogen (secondary N) is 1. The van der Waals surface area contributed by atoms with Crippen LogP contribution in [0, 0.1) is 5.92 Å². The first kappa shape index (κ1) is 19.6. The Labute approximate surface area is 172 Å². The molecule has 0 radical (unpaired) electrons. The van der Waals surface area contributed by atoms with Gasteiger partial charge in [-0.25, -0.2) is 0 Å². The molecule has 1 aliphatic carbocycles. The summed E-state index contributed by atoms with van der Waals surface area (Å²) >= 11 is 0. The number of piperazine rings is 1. The minimum Gasteiger partial charge on any atom is -0.352 e. The summed E-state index contributed by atoms with van der Waals surface area (Å²) in [5.41, 5.74) is 0.933. The summed E-state index contributed by atoms with van der Waals surface area (Å²) in [5.74, 6) is 2.65. The predicted octanol–water partition coefficient (Wildman–Crippen LogP) is 3.62. The lowest BCUT2D eigenvalue weighted by atomic mass is 9.86. The van der Waals surface area contributed by atoms with Gasteiger partial charge in [-0.2, -0.15) is 0 Å². The second kappa shape index (κ2) is 9.67. The van der Waals surface area contributed by atoms with Crippen molar-refractivity contribution in [2.24, 2.45) is 5.92 Å². The maximum absolute atomic E-state index is 12.6. The van der Waals surface area contributed by atoms with Crippen molar-refractivity contribution in [3.05, 3.63) is 36.7 Å². The Hall–Kier alpha value is -2.70. The summed E-state index contributed by atoms with van der Waals surface area (Å²) in [4.78, 5) is 20.8. The van der Waals surface area contributed by atoms with Gasteiger partial charge in [-0.3, -0.25) is 9.78 Å². The van der Waals surface area contributed by atoms with Crippen LogP contribution in [0.2, 0.25) is 0 Å². The number of anilines is 3. The third kappa shape index (κ3) is 5.43. The molecule has 2 aliphatic rings. The molecule has 0 atom stereocenters. The zero-order chi connectivity index (χ0) is 19.9. The molecule has 3 heterocycles. The quantitative estimate of drug-likeness (QED) is 0.807. The van der Waals surface area contributed by atoms with Crippen molar-refractivity contribution in [1.29, 1.82) is 0 Å². The molecule has 0 aromatic carbocycles. The van der Waals surface area contributed by atoms with Gasteiger partial charge >= 0.3 is 0 Å². The Morgan fingerprint density at radius 2 is 1.72 bits per heavy atom. The lowest BCUT2D eigenvalue weighted by molar-refractivity contribution is -0.131. The zero-order valence-electron chi connectivity index (χ0n) is 17.0. The number of carbonyl (C=O) groups excluding carboxylic acids is 1. The number of hydrogen-bond donors (Lipinski definition) is 1. The van der Waals surface area contributed by atoms with Crippen LogP contribution in [0.4, 0.5) is 17.3 Å². The minimum absolute atomic E-state index is 0.318. The molecule has 1 N–H and O–H groups in total. The van der Waals surface area contributed by atoms with Crippen molar-refractivity contribution in [2.75, 3.05) is 36.4 Å². The Kier molecular flexibility index (Phi) is 6.54. The Morgan fingerprint density at radius 1 is 0.966 bits per heavy atom. The largest absolute Gasteiger partial charge is 0.352 e. The minimum atomic E-state index is 0.318. The van der Waals surface area contributed by atoms with E-state index in [-0.39, 0.29) is 0 Å². The molecule has 0 bridgehead atoms. The highest BCUT2D eigenvalue weighted by atomic mass is 16.2. The van der Waals surface area contributed by atoms with Crippen molar-refractivity contribution in [1.82, 2.24) is 20.1 Å². The van der Waals surface area contributed by atoms with Gasteiger partial charge in [0, 0.05) is 50.7 Å². The second-order valence-electron chi connectivity index (χ2n) is 8.05. The van der Waals surface area contributed by atoms with Gasteiger partial charge in [-0.05, 0) is 36.6 Å². The van der Waals surface area contributed by atoms with Gasteiger partial charge in [0.05, 0.1) is 0 Å². The second-order valence-corrected chi connectivity index (χ2v) is 8.05. The van der Waals surface area contributed by atoms with E-state index < -0.39 is 0 Å². The van der Waals surface area contributed by atoms with Gasteiger partial charge < -0.3 is 15.1 Å². The van der Waals surface area contributed by atoms with Crippen LogP contribution in [-0.4, -0.2) is 52.2 Å². The predicted molar refractivity (Wildman–Crippen MR) is 114 cm³/mol. The van der Waals surface area contributed by atoms with Crippen LogP contribution in [0.1, 0.15) is 44.9 Å². The molecule has 1 saturated carbocycles. The van der Waals surface area contributed by atoms with Gasteiger partial charge in [0.1, 0.15) is 0 Å². The Morgan fingerprint density at radius 3 is 2.41 bits per heavy atom. The molecule has 0 unspecified atom stereocenters. The van der Waals surface area contributed by atoms with Crippen molar-refractivity contribution in [2.45, 2.75) is 44.9 Å². The maximum Gasteiger partial charge on any atom is 0.222 e. The van der Waals surface area contributed by atoms with Gasteiger partial charge in [0.15, 0.2) is 11.6 Å². The van der Waals surface area contributed by atoms with Gasteiger partial charge in [0.25, 0.3) is 0 Å². The van der Waals surface area contributed by atoms with Gasteiger partial charge in [-0.15, -0.1) is 10.2 Å². The van der Waals surface area contributed by atoms with E-state index in [0.29, 0.717) is 18.1 Å². The van der Waals surface area contributed by atoms with E-state index >= 15 is 0 Å². The summed E-state index contributed by atoms with van der Waals surface area (Å²) in [6.07, 6.45) is 11.9. The highest BCUT2D eigenvalue weighted by Crippen LogP contribution is 2.27. The molecule has 7 heteroatoms. The molecule has 29 heavy (non-hydrogen) atoms. The lowest BCUT2D eigenvalue weighted by Gasteiger charge is -2.35. The molecule has 2 fully saturated rings. The summed E-state index contributed by atoms with van der Waals surface area (Å²) in [7, 11) is 0. The number of carbonyl (C=O) groups is 1. The van der Waals surface area contributed by atoms with Crippen LogP contribution < -0.4 is 10.2 Å². The van der Waals surface area contributed by atoms with Crippen LogP contribution in [0.25, 0.3) is 0 Å². The number of rotatable bonds is 6. The highest BCUT2D eigenvalue weighted by Gasteiger charge is 2.23. The van der Waals surface area contributed by atoms with E-state index in [0.717, 1.165) is 50.0 Å². The third-order valence-electron chi connectivity index (χ3n) is 6.05. The molecule has 154 valence electrons. The first-order chi connectivity index (χ1) is 14.3. The molecule has 2 aromatic rings. The summed E-state index contributed by atoms with van der Waals surface area (Å²) in [6, 6.07) is 7.70. The fraction of sp³-hybridized carbons (Fsp3) is 0.545. The fourth-order valence-corrected chi connectivity index (χ4v) is 4.29. The molecule has 0 spiro atoms. The number of pyridine rings is 1. The Bertz CT molecular complexity index is 768. The van der Waals surface area contributed by atoms with Crippen molar-refractivity contribution in [3.63, 3.8) is 0 Å². The van der Waals surface area contributed by atoms with Gasteiger partial charge in [-0.1, -0.05) is 32.1 Å². The monoisotopic (exact) mass is 394 g/mol. The molecular weight excluding hydrogens is 364 g/mol. The smallest absolute Gasteiger partial charge is 0.222 e. The van der Waals surface area contributed by atoms with E-state index in [1.807, 2.05) is 29.2 Å². The van der Waals surface area contributed by atoms with E-state index in [1.54, 1.807) is 12.4 Å². The highest BCUT2D eigenvalue weighted by molar-refractivity contribution is 5.76. The zero-order valence-corrected chi connectivity index (χ0v) is 17.0. The lowest BCUT2D eigenvalue weighted by Crippen LogP contribution is -2.49. The Balaban J connectivity index is 1.23. The van der Waals surface area contributed by atoms with E-state index in [9.17, 15) is 4.79 Å². The molecule has 1 amide bonds. The van der Waals surface area contributed by atoms with Crippen molar-refractivity contribution >= 4 is 23.2 Å². The van der Waals surface area contributed by atoms with E-state index in [4.69, 9.17) is 0 Å². The molecule has 7 nitrogen and oxygen atoms in total. The molecule has 2 aromatic heterocycles. The van der Waals surface area contributed by atoms with Crippen LogP contribution in [0.3, 0.4) is 0 Å². The first-order valence-corrected chi connectivity index (χ1v) is 10.8. The van der Waals surface area contributed by atoms with Crippen LogP contribution >= 0.6 is 0 Å². The van der Waals surface area contributed by atoms with Crippen molar-refractivity contribution in [3.8, 4) is 0 Å². The summed E-state index contributed by atoms with van der Waals surface area (Å²) < 4.78 is 0. The summed E-state index contributed by atoms with van der Waals surface area (Å²) in [5, 5.41) is 11.9. The number of nitrogens with zero attached hydrogens (tertiary/aromatic N) is 5. The average molecular weight is 395 g/mol. The van der Waals surface area contributed by atoms with Crippen LogP contribution in [0.15, 0.2) is 36.7 Å². The SMILES string of the molecule is O=C(CCC1CCCCC1)N1CCN(c2ccc(Nc3ccncc3)nn2)CC1. The number of amides is 1. The normalized spacial score (nSPS) is 17.9.